The van der Waals surface area contributed by atoms with E-state index in [1.165, 1.54) is 24.6 Å². The molecule has 0 radical (unpaired) electrons. The van der Waals surface area contributed by atoms with Gasteiger partial charge in [0.05, 0.1) is 21.7 Å². The van der Waals surface area contributed by atoms with Crippen LogP contribution in [0.15, 0.2) is 76.4 Å². The number of nitrogens with one attached hydrogen (secondary N) is 1. The second-order valence-corrected chi connectivity index (χ2v) is 11.5. The Morgan fingerprint density at radius 2 is 1.71 bits per heavy atom. The van der Waals surface area contributed by atoms with Crippen molar-refractivity contribution in [3.63, 3.8) is 0 Å². The Hall–Kier alpha value is -2.65. The van der Waals surface area contributed by atoms with E-state index in [-0.39, 0.29) is 16.3 Å². The molecule has 0 amide bonds. The minimum absolute atomic E-state index is 0.139. The molecular weight excluding hydrogens is 490 g/mol. The van der Waals surface area contributed by atoms with E-state index in [9.17, 15) is 13.2 Å². The highest BCUT2D eigenvalue weighted by Gasteiger charge is 2.18. The highest BCUT2D eigenvalue weighted by molar-refractivity contribution is 7.89. The van der Waals surface area contributed by atoms with Gasteiger partial charge >= 0.3 is 4.87 Å². The van der Waals surface area contributed by atoms with Crippen molar-refractivity contribution < 1.29 is 8.42 Å². The first-order valence-corrected chi connectivity index (χ1v) is 13.8. The minimum Gasteiger partial charge on any atom is -0.372 e. The zero-order chi connectivity index (χ0) is 23.7. The third-order valence-electron chi connectivity index (χ3n) is 6.11. The molecule has 3 aromatic carbocycles. The van der Waals surface area contributed by atoms with Crippen LogP contribution in [0.2, 0.25) is 5.02 Å². The van der Waals surface area contributed by atoms with Gasteiger partial charge in [-0.1, -0.05) is 53.3 Å². The number of halogens is 1. The second kappa shape index (κ2) is 9.54. The van der Waals surface area contributed by atoms with Crippen molar-refractivity contribution in [2.24, 2.45) is 0 Å². The molecule has 1 fully saturated rings. The molecule has 1 N–H and O–H groups in total. The van der Waals surface area contributed by atoms with E-state index in [1.54, 1.807) is 22.8 Å². The second-order valence-electron chi connectivity index (χ2n) is 8.36. The van der Waals surface area contributed by atoms with E-state index in [2.05, 4.69) is 9.62 Å². The monoisotopic (exact) mass is 513 g/mol. The molecular formula is C25H24ClN3O3S2. The van der Waals surface area contributed by atoms with Gasteiger partial charge in [-0.25, -0.2) is 13.1 Å². The number of nitrogens with zero attached hydrogens (tertiary/aromatic N) is 2. The smallest absolute Gasteiger partial charge is 0.308 e. The molecule has 0 unspecified atom stereocenters. The van der Waals surface area contributed by atoms with E-state index < -0.39 is 10.0 Å². The summed E-state index contributed by atoms with van der Waals surface area (Å²) in [6.45, 7) is 2.67. The summed E-state index contributed by atoms with van der Waals surface area (Å²) in [5, 5.41) is 0.589. The van der Waals surface area contributed by atoms with Crippen molar-refractivity contribution >= 4 is 48.9 Å². The van der Waals surface area contributed by atoms with Crippen LogP contribution in [0.5, 0.6) is 0 Å². The van der Waals surface area contributed by atoms with Gasteiger partial charge < -0.3 is 4.90 Å². The SMILES string of the molecule is O=c1sc2cc(S(=O)(=O)NCc3ccc(N4CCCC4)cc3)ccc2n1Cc1ccccc1Cl. The van der Waals surface area contributed by atoms with Crippen LogP contribution in [0.3, 0.4) is 0 Å². The highest BCUT2D eigenvalue weighted by Crippen LogP contribution is 2.25. The number of anilines is 1. The summed E-state index contributed by atoms with van der Waals surface area (Å²) in [6, 6.07) is 20.2. The van der Waals surface area contributed by atoms with Gasteiger partial charge in [-0.05, 0) is 60.4 Å². The van der Waals surface area contributed by atoms with Crippen LogP contribution in [0.4, 0.5) is 5.69 Å². The van der Waals surface area contributed by atoms with Crippen LogP contribution < -0.4 is 14.5 Å². The summed E-state index contributed by atoms with van der Waals surface area (Å²) in [7, 11) is -3.73. The third-order valence-corrected chi connectivity index (χ3v) is 8.82. The maximum absolute atomic E-state index is 12.9. The third kappa shape index (κ3) is 4.77. The molecule has 34 heavy (non-hydrogen) atoms. The van der Waals surface area contributed by atoms with Gasteiger partial charge in [0.15, 0.2) is 0 Å². The van der Waals surface area contributed by atoms with Crippen molar-refractivity contribution in [3.05, 3.63) is 92.5 Å². The Kier molecular flexibility index (Phi) is 6.48. The summed E-state index contributed by atoms with van der Waals surface area (Å²) in [5.74, 6) is 0. The standard InChI is InChI=1S/C25H24ClN3O3S2/c26-22-6-2-1-5-19(22)17-29-23-12-11-21(15-24(23)33-25(29)30)34(31,32)27-16-18-7-9-20(10-8-18)28-13-3-4-14-28/h1-2,5-12,15,27H,3-4,13-14,16-17H2. The molecule has 0 atom stereocenters. The summed E-state index contributed by atoms with van der Waals surface area (Å²) in [4.78, 5) is 14.9. The molecule has 6 nitrogen and oxygen atoms in total. The van der Waals surface area contributed by atoms with Crippen LogP contribution in [0.25, 0.3) is 10.2 Å². The molecule has 2 heterocycles. The Labute approximate surface area is 207 Å². The van der Waals surface area contributed by atoms with Crippen LogP contribution in [0.1, 0.15) is 24.0 Å². The lowest BCUT2D eigenvalue weighted by atomic mass is 10.2. The van der Waals surface area contributed by atoms with Gasteiger partial charge in [-0.2, -0.15) is 0 Å². The van der Waals surface area contributed by atoms with Gasteiger partial charge in [0.1, 0.15) is 0 Å². The molecule has 4 aromatic rings. The maximum Gasteiger partial charge on any atom is 0.308 e. The lowest BCUT2D eigenvalue weighted by Gasteiger charge is -2.17. The van der Waals surface area contributed by atoms with Crippen LogP contribution in [-0.2, 0) is 23.1 Å². The Balaban J connectivity index is 1.33. The molecule has 9 heteroatoms. The predicted molar refractivity (Wildman–Crippen MR) is 139 cm³/mol. The number of fused-ring (bicyclic) bond motifs is 1. The lowest BCUT2D eigenvalue weighted by molar-refractivity contribution is 0.581. The van der Waals surface area contributed by atoms with E-state index in [0.29, 0.717) is 21.8 Å². The van der Waals surface area contributed by atoms with Crippen molar-refractivity contribution in [1.82, 2.24) is 9.29 Å². The van der Waals surface area contributed by atoms with Gasteiger partial charge in [-0.15, -0.1) is 0 Å². The number of thiazole rings is 1. The molecule has 1 aromatic heterocycles. The van der Waals surface area contributed by atoms with E-state index >= 15 is 0 Å². The maximum atomic E-state index is 12.9. The molecule has 0 saturated carbocycles. The van der Waals surface area contributed by atoms with E-state index in [4.69, 9.17) is 11.6 Å². The van der Waals surface area contributed by atoms with E-state index in [0.717, 1.165) is 35.6 Å². The fraction of sp³-hybridized carbons (Fsp3) is 0.240. The molecule has 176 valence electrons. The normalized spacial score (nSPS) is 14.2. The average Bonchev–Trinajstić information content (AvgIpc) is 3.48. The Morgan fingerprint density at radius 1 is 0.971 bits per heavy atom. The number of hydrogen-bond donors (Lipinski definition) is 1. The first-order chi connectivity index (χ1) is 16.4. The lowest BCUT2D eigenvalue weighted by Crippen LogP contribution is -2.23. The van der Waals surface area contributed by atoms with Gasteiger partial charge in [-0.3, -0.25) is 9.36 Å². The zero-order valence-corrected chi connectivity index (χ0v) is 20.8. The molecule has 1 aliphatic heterocycles. The van der Waals surface area contributed by atoms with Crippen LogP contribution >= 0.6 is 22.9 Å². The Morgan fingerprint density at radius 3 is 2.44 bits per heavy atom. The topological polar surface area (TPSA) is 71.4 Å². The Bertz CT molecular complexity index is 1490. The number of rotatable bonds is 7. The van der Waals surface area contributed by atoms with Gasteiger partial charge in [0.25, 0.3) is 0 Å². The van der Waals surface area contributed by atoms with Crippen molar-refractivity contribution in [2.75, 3.05) is 18.0 Å². The largest absolute Gasteiger partial charge is 0.372 e. The molecule has 1 aliphatic rings. The fourth-order valence-electron chi connectivity index (χ4n) is 4.22. The summed E-state index contributed by atoms with van der Waals surface area (Å²) >= 11 is 7.28. The molecule has 0 bridgehead atoms. The van der Waals surface area contributed by atoms with Crippen molar-refractivity contribution in [2.45, 2.75) is 30.8 Å². The van der Waals surface area contributed by atoms with E-state index in [1.807, 2.05) is 42.5 Å². The minimum atomic E-state index is -3.73. The summed E-state index contributed by atoms with van der Waals surface area (Å²) in [6.07, 6.45) is 2.42. The van der Waals surface area contributed by atoms with Crippen molar-refractivity contribution in [3.8, 4) is 0 Å². The first kappa shape index (κ1) is 23.1. The summed E-state index contributed by atoms with van der Waals surface area (Å²) < 4.78 is 30.8. The first-order valence-electron chi connectivity index (χ1n) is 11.1. The summed E-state index contributed by atoms with van der Waals surface area (Å²) in [5.41, 5.74) is 3.58. The van der Waals surface area contributed by atoms with Gasteiger partial charge in [0.2, 0.25) is 10.0 Å². The predicted octanol–water partition coefficient (Wildman–Crippen LogP) is 4.84. The van der Waals surface area contributed by atoms with Crippen LogP contribution in [0, 0.1) is 0 Å². The number of sulfonamides is 1. The fourth-order valence-corrected chi connectivity index (χ4v) is 6.47. The number of hydrogen-bond acceptors (Lipinski definition) is 5. The average molecular weight is 514 g/mol. The van der Waals surface area contributed by atoms with Gasteiger partial charge in [0, 0.05) is 30.3 Å². The quantitative estimate of drug-likeness (QED) is 0.384. The molecule has 0 spiro atoms. The molecule has 0 aliphatic carbocycles. The zero-order valence-electron chi connectivity index (χ0n) is 18.4. The number of aromatic nitrogens is 1. The number of benzene rings is 3. The molecule has 5 rings (SSSR count). The highest BCUT2D eigenvalue weighted by atomic mass is 35.5. The van der Waals surface area contributed by atoms with Crippen LogP contribution in [-0.4, -0.2) is 26.1 Å². The van der Waals surface area contributed by atoms with Crippen molar-refractivity contribution in [1.29, 1.82) is 0 Å². The molecule has 1 saturated heterocycles.